The molecule has 49 nitrogen and oxygen atoms in total. The number of aliphatic hydroxyl groups excluding tert-OH is 2. The average Bonchev–Trinajstić information content (AvgIpc) is 1.65. The van der Waals surface area contributed by atoms with Crippen LogP contribution in [-0.4, -0.2) is 313 Å². The van der Waals surface area contributed by atoms with Gasteiger partial charge in [0.1, 0.15) is 102 Å². The monoisotopic (exact) mass is 1930 g/mol. The Kier molecular flexibility index (Phi) is 50.6. The number of amides is 16. The van der Waals surface area contributed by atoms with Crippen molar-refractivity contribution < 1.29 is 117 Å². The first-order chi connectivity index (χ1) is 63.0. The minimum absolute atomic E-state index is 0.0866. The van der Waals surface area contributed by atoms with E-state index in [1.807, 2.05) is 0 Å². The predicted octanol–water partition coefficient (Wildman–Crippen LogP) is -9.71. The number of carboxylic acids is 2. The second kappa shape index (κ2) is 58.3. The number of aliphatic hydroxyl groups is 2. The molecule has 38 N–H and O–H groups in total. The van der Waals surface area contributed by atoms with Gasteiger partial charge in [-0.3, -0.25) is 86.9 Å². The normalized spacial score (nSPS) is 16.8. The molecule has 1 saturated heterocycles. The lowest BCUT2D eigenvalue weighted by Gasteiger charge is -2.34. The van der Waals surface area contributed by atoms with Gasteiger partial charge in [0, 0.05) is 49.3 Å². The zero-order valence-electron chi connectivity index (χ0n) is 76.1. The van der Waals surface area contributed by atoms with Crippen LogP contribution in [0.4, 0.5) is 0 Å². The predicted molar refractivity (Wildman–Crippen MR) is 493 cm³/mol. The minimum atomic E-state index is -2.09. The van der Waals surface area contributed by atoms with Crippen molar-refractivity contribution in [3.8, 4) is 11.5 Å². The number of guanidine groups is 1. The lowest BCUT2D eigenvalue weighted by atomic mass is 9.95. The van der Waals surface area contributed by atoms with Crippen molar-refractivity contribution in [3.05, 3.63) is 59.7 Å². The van der Waals surface area contributed by atoms with Gasteiger partial charge in [0.2, 0.25) is 94.5 Å². The third-order valence-corrected chi connectivity index (χ3v) is 22.3. The number of primary amides is 1. The first-order valence-corrected chi connectivity index (χ1v) is 45.0. The summed E-state index contributed by atoms with van der Waals surface area (Å²) in [5.74, 6) is -22.3. The number of thiol groups is 2. The van der Waals surface area contributed by atoms with E-state index in [0.29, 0.717) is 12.0 Å². The van der Waals surface area contributed by atoms with Gasteiger partial charge in [-0.1, -0.05) is 58.4 Å². The molecule has 19 atom stereocenters. The fourth-order valence-corrected chi connectivity index (χ4v) is 14.2. The van der Waals surface area contributed by atoms with Crippen molar-refractivity contribution in [2.75, 3.05) is 51.6 Å². The second-order valence-electron chi connectivity index (χ2n) is 33.5. The Hall–Kier alpha value is -11.8. The van der Waals surface area contributed by atoms with Gasteiger partial charge in [-0.05, 0) is 165 Å². The summed E-state index contributed by atoms with van der Waals surface area (Å²) in [4.78, 5) is 253. The van der Waals surface area contributed by atoms with Crippen molar-refractivity contribution >= 4 is 138 Å². The summed E-state index contributed by atoms with van der Waals surface area (Å²) >= 11 is 8.79. The molecule has 134 heavy (non-hydrogen) atoms. The number of nitrogens with zero attached hydrogens (tertiary/aromatic N) is 1. The fraction of sp³-hybridized carbons (Fsp3) is 0.627. The molecule has 1 fully saturated rings. The molecule has 0 radical (unpaired) electrons. The maximum absolute atomic E-state index is 14.8. The second-order valence-corrected chi connectivity index (χ2v) is 35.0. The number of nitrogens with one attached hydrogen (secondary N) is 16. The van der Waals surface area contributed by atoms with E-state index < -0.39 is 270 Å². The lowest BCUT2D eigenvalue weighted by Crippen LogP contribution is -2.64. The number of phenols is 2. The number of carboxylic acid groups (broad SMARTS) is 2. The number of hydrogen-bond acceptors (Lipinski definition) is 31. The molecule has 0 saturated carbocycles. The molecule has 2 aromatic rings. The van der Waals surface area contributed by atoms with Gasteiger partial charge >= 0.3 is 11.9 Å². The van der Waals surface area contributed by atoms with Crippen LogP contribution >= 0.6 is 25.3 Å². The van der Waals surface area contributed by atoms with Crippen LogP contribution < -0.4 is 126 Å². The van der Waals surface area contributed by atoms with Crippen molar-refractivity contribution in [1.29, 1.82) is 5.41 Å². The van der Waals surface area contributed by atoms with Crippen LogP contribution in [0.5, 0.6) is 11.5 Å². The Balaban J connectivity index is 1.95. The summed E-state index contributed by atoms with van der Waals surface area (Å²) in [5.41, 5.74) is 47.3. The van der Waals surface area contributed by atoms with Crippen LogP contribution in [0.1, 0.15) is 149 Å². The molecule has 51 heteroatoms. The van der Waals surface area contributed by atoms with Gasteiger partial charge < -0.3 is 161 Å². The highest BCUT2D eigenvalue weighted by molar-refractivity contribution is 7.81. The Labute approximate surface area is 786 Å². The van der Waals surface area contributed by atoms with Crippen LogP contribution in [-0.2, 0) is 99.1 Å². The maximum Gasteiger partial charge on any atom is 0.326 e. The summed E-state index contributed by atoms with van der Waals surface area (Å²) in [6, 6.07) is -15.1. The molecule has 0 aromatic heterocycles. The van der Waals surface area contributed by atoms with E-state index in [0.717, 1.165) is 11.8 Å². The third-order valence-electron chi connectivity index (χ3n) is 21.7. The van der Waals surface area contributed by atoms with Gasteiger partial charge in [0.05, 0.1) is 24.7 Å². The van der Waals surface area contributed by atoms with E-state index in [2.05, 4.69) is 105 Å². The van der Waals surface area contributed by atoms with Crippen molar-refractivity contribution in [1.82, 2.24) is 84.7 Å². The SMILES string of the molecule is CC[C@H](C)[C@H](NC(=O)[C@@H]1C[C@@H](O)CN1C(=O)[C@@H](N)C(C)C)C(=O)N[C@H](C(=O)N[C@@H](Cc1ccc(O)cc1)C(=O)N[C@@H](CCC(=O)O)C(=O)N[C@@H](CC(N)=O)C(=O)N[C@@H](CCCNC(=N)N)C(=O)N[C@@H](CCN)C(=O)N[C@H](C(=O)N[C@H](CCN)C(=O)N[C@@H](CCCCN)C(=O)N[C@@H](CCN)C(=O)N[C@@H](CCN)C(=O)N[C@@H](CS)C(=O)N[C@@H](Cc1ccc(O)cc1)C(=O)O)[C@@H](C)O)C(C)(C)S. The number of β-amino-alcohol motifs (C(OH)–C–C–N with tert-alkyl or cyclic N) is 1. The van der Waals surface area contributed by atoms with E-state index in [1.54, 1.807) is 27.7 Å². The molecule has 750 valence electrons. The Morgan fingerprint density at radius 2 is 0.851 bits per heavy atom. The summed E-state index contributed by atoms with van der Waals surface area (Å²) in [5, 5.41) is 106. The standard InChI is InChI=1S/C83H137N25O24S2/c1-8-41(4)63(105-76(126)59-36-47(112)38-108(59)80(130)62(90)40(2)3)77(127)107-65(83(6,7)134)79(129)102-55(34-43-14-18-45(110)19-15-43)73(123)96-50(22-23-61(114)115)68(118)101-56(37-60(89)113)74(124)95-49(13-11-33-93-82(91)92)67(117)99-54(27-32-88)72(122)106-64(42(5)109)78(128)100-53(26-31-87)70(120)94-48(12-9-10-28-84)66(116)97-51(24-29-85)69(119)98-52(25-30-86)71(121)104-58(39-133)75(125)103-57(81(131)132)35-44-16-20-46(111)21-17-44/h14-21,40-42,47-59,62-65,109-112,133-134H,8-13,22-39,84-88,90H2,1-7H3,(H2,89,113)(H,94,120)(H,95,124)(H,96,123)(H,97,116)(H,98,119)(H,99,117)(H,100,128)(H,101,118)(H,102,129)(H,103,125)(H,104,121)(H,105,126)(H,106,122)(H,107,127)(H,114,115)(H,131,132)(H4,91,92,93)/t41-,42+,47+,48-,49-,50-,51-,52-,53+,54-,55-,56-,57-,58-,59-,62-,63-,64-,65+/m0/s1. The molecule has 1 aliphatic rings. The van der Waals surface area contributed by atoms with Crippen LogP contribution in [0.25, 0.3) is 0 Å². The van der Waals surface area contributed by atoms with E-state index >= 15 is 0 Å². The molecule has 0 unspecified atom stereocenters. The van der Waals surface area contributed by atoms with E-state index in [1.165, 1.54) is 62.4 Å². The van der Waals surface area contributed by atoms with Crippen LogP contribution in [0.3, 0.4) is 0 Å². The first-order valence-electron chi connectivity index (χ1n) is 43.9. The van der Waals surface area contributed by atoms with E-state index in [4.69, 9.17) is 51.3 Å². The summed E-state index contributed by atoms with van der Waals surface area (Å²) in [6.45, 7) is 9.26. The van der Waals surface area contributed by atoms with Crippen molar-refractivity contribution in [2.45, 2.75) is 265 Å². The van der Waals surface area contributed by atoms with Gasteiger partial charge in [0.15, 0.2) is 5.96 Å². The molecule has 0 bridgehead atoms. The zero-order valence-corrected chi connectivity index (χ0v) is 77.9. The van der Waals surface area contributed by atoms with Crippen LogP contribution in [0, 0.1) is 17.2 Å². The van der Waals surface area contributed by atoms with Crippen molar-refractivity contribution in [3.63, 3.8) is 0 Å². The fourth-order valence-electron chi connectivity index (χ4n) is 13.7. The summed E-state index contributed by atoms with van der Waals surface area (Å²) in [6.07, 6.45) is -7.69. The van der Waals surface area contributed by atoms with Crippen LogP contribution in [0.2, 0.25) is 0 Å². The number of carbonyl (C=O) groups is 18. The maximum atomic E-state index is 14.8. The quantitative estimate of drug-likeness (QED) is 0.0127. The number of benzene rings is 2. The molecule has 1 heterocycles. The minimum Gasteiger partial charge on any atom is -0.508 e. The third kappa shape index (κ3) is 39.8. The number of phenolic OH excluding ortho intramolecular Hbond substituents is 2. The zero-order chi connectivity index (χ0) is 101. The molecule has 1 aliphatic heterocycles. The topological polar surface area (TPSA) is 844 Å². The highest BCUT2D eigenvalue weighted by Gasteiger charge is 2.46. The Bertz CT molecular complexity index is 4310. The number of aromatic hydroxyl groups is 2. The summed E-state index contributed by atoms with van der Waals surface area (Å²) < 4.78 is -1.52. The van der Waals surface area contributed by atoms with Crippen molar-refractivity contribution in [2.24, 2.45) is 57.7 Å². The smallest absolute Gasteiger partial charge is 0.326 e. The van der Waals surface area contributed by atoms with Gasteiger partial charge in [-0.25, -0.2) is 4.79 Å². The number of unbranched alkanes of at least 4 members (excludes halogenated alkanes) is 1. The Morgan fingerprint density at radius 1 is 0.478 bits per heavy atom. The van der Waals surface area contributed by atoms with E-state index in [9.17, 15) is 117 Å². The van der Waals surface area contributed by atoms with Gasteiger partial charge in [-0.2, -0.15) is 25.3 Å². The van der Waals surface area contributed by atoms with Gasteiger partial charge in [0.25, 0.3) is 0 Å². The molecular formula is C83H137N25O24S2. The number of hydrogen-bond donors (Lipinski definition) is 32. The molecule has 3 rings (SSSR count). The van der Waals surface area contributed by atoms with Gasteiger partial charge in [-0.15, -0.1) is 0 Å². The summed E-state index contributed by atoms with van der Waals surface area (Å²) in [7, 11) is 0. The molecular weight excluding hydrogens is 1800 g/mol. The molecule has 2 aromatic carbocycles. The number of nitrogens with two attached hydrogens (primary N) is 8. The Morgan fingerprint density at radius 3 is 1.25 bits per heavy atom. The number of rotatable bonds is 61. The lowest BCUT2D eigenvalue weighted by molar-refractivity contribution is -0.142. The first kappa shape index (κ1) is 116. The highest BCUT2D eigenvalue weighted by atomic mass is 32.1. The van der Waals surface area contributed by atoms with E-state index in [-0.39, 0.29) is 132 Å². The molecule has 0 spiro atoms. The number of carbonyl (C=O) groups excluding carboxylic acids is 16. The number of likely N-dealkylation sites (tertiary alicyclic amines) is 1. The average molecular weight is 1930 g/mol. The number of aliphatic carboxylic acids is 2. The van der Waals surface area contributed by atoms with Crippen LogP contribution in [0.15, 0.2) is 48.5 Å². The molecule has 0 aliphatic carbocycles. The largest absolute Gasteiger partial charge is 0.508 e. The molecule has 16 amide bonds. The highest BCUT2D eigenvalue weighted by Crippen LogP contribution is 2.25.